The number of nitrogens with one attached hydrogen (secondary N) is 1. The molecule has 0 spiro atoms. The van der Waals surface area contributed by atoms with Gasteiger partial charge in [-0.25, -0.2) is 0 Å². The Morgan fingerprint density at radius 2 is 1.90 bits per heavy atom. The minimum Gasteiger partial charge on any atom is -0.349 e. The molecule has 0 saturated heterocycles. The second-order valence-corrected chi connectivity index (χ2v) is 5.60. The predicted octanol–water partition coefficient (Wildman–Crippen LogP) is 3.71. The molecule has 2 heterocycles. The van der Waals surface area contributed by atoms with Gasteiger partial charge < -0.3 is 9.88 Å². The molecular weight excluding hydrogens is 284 g/mol. The molecule has 4 rings (SSSR count). The maximum Gasteiger partial charge on any atom is 0.268 e. The summed E-state index contributed by atoms with van der Waals surface area (Å²) < 4.78 is 2.09. The second-order valence-electron chi connectivity index (χ2n) is 5.16. The molecule has 0 radical (unpaired) electrons. The van der Waals surface area contributed by atoms with Crippen LogP contribution in [0.3, 0.4) is 0 Å². The summed E-state index contributed by atoms with van der Waals surface area (Å²) >= 11 is 6.17. The Balaban J connectivity index is 2.15. The van der Waals surface area contributed by atoms with E-state index in [-0.39, 0.29) is 5.91 Å². The quantitative estimate of drug-likeness (QED) is 0.730. The molecule has 1 aromatic heterocycles. The smallest absolute Gasteiger partial charge is 0.268 e. The molecule has 0 unspecified atom stereocenters. The second kappa shape index (κ2) is 4.64. The molecule has 0 bridgehead atoms. The highest BCUT2D eigenvalue weighted by Gasteiger charge is 2.26. The number of carbonyl (C=O) groups is 1. The third-order valence-electron chi connectivity index (χ3n) is 3.92. The van der Waals surface area contributed by atoms with Crippen LogP contribution in [-0.4, -0.2) is 17.0 Å². The van der Waals surface area contributed by atoms with Gasteiger partial charge in [0.25, 0.3) is 5.91 Å². The summed E-state index contributed by atoms with van der Waals surface area (Å²) in [6, 6.07) is 15.8. The molecule has 0 fully saturated rings. The summed E-state index contributed by atoms with van der Waals surface area (Å²) in [5.74, 6) is -0.0209. The Morgan fingerprint density at radius 3 is 2.71 bits per heavy atom. The topological polar surface area (TPSA) is 34.0 Å². The van der Waals surface area contributed by atoms with Crippen molar-refractivity contribution in [2.75, 3.05) is 6.54 Å². The molecule has 1 aliphatic heterocycles. The fraction of sp³-hybridized carbons (Fsp3) is 0.118. The number of hydrogen-bond acceptors (Lipinski definition) is 1. The van der Waals surface area contributed by atoms with Crippen molar-refractivity contribution in [3.63, 3.8) is 0 Å². The largest absolute Gasteiger partial charge is 0.349 e. The molecule has 0 aliphatic carbocycles. The highest BCUT2D eigenvalue weighted by Crippen LogP contribution is 2.37. The highest BCUT2D eigenvalue weighted by molar-refractivity contribution is 6.31. The SMILES string of the molecule is O=C1NCCn2c1c(-c1ccccc1)c1cc(Cl)ccc12. The van der Waals surface area contributed by atoms with Crippen LogP contribution < -0.4 is 5.32 Å². The van der Waals surface area contributed by atoms with Gasteiger partial charge in [0, 0.05) is 34.6 Å². The Hall–Kier alpha value is -2.26. The van der Waals surface area contributed by atoms with E-state index >= 15 is 0 Å². The standard InChI is InChI=1S/C17H13ClN2O/c18-12-6-7-14-13(10-12)15(11-4-2-1-3-5-11)16-17(21)19-8-9-20(14)16/h1-7,10H,8-9H2,(H,19,21). The first-order valence-electron chi connectivity index (χ1n) is 6.91. The molecule has 3 aromatic rings. The highest BCUT2D eigenvalue weighted by atomic mass is 35.5. The summed E-state index contributed by atoms with van der Waals surface area (Å²) in [4.78, 5) is 12.4. The first-order chi connectivity index (χ1) is 10.3. The molecule has 4 heteroatoms. The van der Waals surface area contributed by atoms with Gasteiger partial charge >= 0.3 is 0 Å². The Labute approximate surface area is 127 Å². The van der Waals surface area contributed by atoms with Gasteiger partial charge in [0.15, 0.2) is 0 Å². The van der Waals surface area contributed by atoms with Crippen molar-refractivity contribution in [3.8, 4) is 11.1 Å². The number of amides is 1. The lowest BCUT2D eigenvalue weighted by atomic mass is 10.0. The van der Waals surface area contributed by atoms with E-state index in [9.17, 15) is 4.79 Å². The summed E-state index contributed by atoms with van der Waals surface area (Å²) in [6.45, 7) is 1.44. The molecular formula is C17H13ClN2O. The van der Waals surface area contributed by atoms with Crippen molar-refractivity contribution in [2.24, 2.45) is 0 Å². The van der Waals surface area contributed by atoms with E-state index in [1.54, 1.807) is 0 Å². The third-order valence-corrected chi connectivity index (χ3v) is 4.16. The fourth-order valence-electron chi connectivity index (χ4n) is 3.06. The normalized spacial score (nSPS) is 14.0. The van der Waals surface area contributed by atoms with Crippen molar-refractivity contribution < 1.29 is 4.79 Å². The van der Waals surface area contributed by atoms with Gasteiger partial charge in [-0.3, -0.25) is 4.79 Å². The Kier molecular flexibility index (Phi) is 2.76. The number of rotatable bonds is 1. The third kappa shape index (κ3) is 1.85. The van der Waals surface area contributed by atoms with E-state index in [0.717, 1.165) is 34.3 Å². The molecule has 0 saturated carbocycles. The van der Waals surface area contributed by atoms with Crippen molar-refractivity contribution in [3.05, 3.63) is 59.2 Å². The van der Waals surface area contributed by atoms with Gasteiger partial charge in [-0.15, -0.1) is 0 Å². The Morgan fingerprint density at radius 1 is 1.10 bits per heavy atom. The van der Waals surface area contributed by atoms with Crippen LogP contribution in [0, 0.1) is 0 Å². The number of hydrogen-bond donors (Lipinski definition) is 1. The lowest BCUT2D eigenvalue weighted by molar-refractivity contribution is 0.0930. The predicted molar refractivity (Wildman–Crippen MR) is 84.7 cm³/mol. The van der Waals surface area contributed by atoms with Crippen LogP contribution in [0.4, 0.5) is 0 Å². The summed E-state index contributed by atoms with van der Waals surface area (Å²) in [7, 11) is 0. The van der Waals surface area contributed by atoms with E-state index in [0.29, 0.717) is 11.6 Å². The molecule has 1 aliphatic rings. The van der Waals surface area contributed by atoms with Crippen LogP contribution in [0.25, 0.3) is 22.0 Å². The number of fused-ring (bicyclic) bond motifs is 3. The molecule has 1 amide bonds. The lowest BCUT2D eigenvalue weighted by Crippen LogP contribution is -2.35. The van der Waals surface area contributed by atoms with Crippen LogP contribution >= 0.6 is 11.6 Å². The zero-order valence-corrected chi connectivity index (χ0v) is 12.0. The maximum atomic E-state index is 12.4. The van der Waals surface area contributed by atoms with Crippen LogP contribution in [0.5, 0.6) is 0 Å². The van der Waals surface area contributed by atoms with E-state index in [1.165, 1.54) is 0 Å². The van der Waals surface area contributed by atoms with Crippen molar-refractivity contribution in [2.45, 2.75) is 6.54 Å². The first-order valence-corrected chi connectivity index (χ1v) is 7.29. The zero-order valence-electron chi connectivity index (χ0n) is 11.3. The van der Waals surface area contributed by atoms with Crippen molar-refractivity contribution in [1.29, 1.82) is 0 Å². The molecule has 21 heavy (non-hydrogen) atoms. The van der Waals surface area contributed by atoms with Gasteiger partial charge in [0.05, 0.1) is 0 Å². The average Bonchev–Trinajstić information content (AvgIpc) is 2.83. The molecule has 104 valence electrons. The fourth-order valence-corrected chi connectivity index (χ4v) is 3.23. The molecule has 0 atom stereocenters. The Bertz CT molecular complexity index is 852. The summed E-state index contributed by atoms with van der Waals surface area (Å²) in [5, 5.41) is 4.64. The minimum absolute atomic E-state index is 0.0209. The number of aromatic nitrogens is 1. The molecule has 1 N–H and O–H groups in total. The van der Waals surface area contributed by atoms with Gasteiger partial charge in [0.2, 0.25) is 0 Å². The van der Waals surface area contributed by atoms with Gasteiger partial charge in [-0.05, 0) is 23.8 Å². The zero-order chi connectivity index (χ0) is 14.4. The van der Waals surface area contributed by atoms with E-state index in [1.807, 2.05) is 48.5 Å². The number of halogens is 1. The minimum atomic E-state index is -0.0209. The van der Waals surface area contributed by atoms with Crippen LogP contribution in [0.15, 0.2) is 48.5 Å². The van der Waals surface area contributed by atoms with Gasteiger partial charge in [-0.2, -0.15) is 0 Å². The summed E-state index contributed by atoms with van der Waals surface area (Å²) in [5.41, 5.74) is 3.79. The number of benzene rings is 2. The number of nitrogens with zero attached hydrogens (tertiary/aromatic N) is 1. The lowest BCUT2D eigenvalue weighted by Gasteiger charge is -2.17. The number of carbonyl (C=O) groups excluding carboxylic acids is 1. The van der Waals surface area contributed by atoms with Crippen LogP contribution in [-0.2, 0) is 6.54 Å². The van der Waals surface area contributed by atoms with E-state index in [2.05, 4.69) is 9.88 Å². The van der Waals surface area contributed by atoms with Gasteiger partial charge in [0.1, 0.15) is 5.69 Å². The average molecular weight is 297 g/mol. The van der Waals surface area contributed by atoms with Gasteiger partial charge in [-0.1, -0.05) is 41.9 Å². The monoisotopic (exact) mass is 296 g/mol. The van der Waals surface area contributed by atoms with Crippen molar-refractivity contribution in [1.82, 2.24) is 9.88 Å². The van der Waals surface area contributed by atoms with E-state index < -0.39 is 0 Å². The van der Waals surface area contributed by atoms with Crippen LogP contribution in [0.2, 0.25) is 5.02 Å². The maximum absolute atomic E-state index is 12.4. The molecule has 2 aromatic carbocycles. The van der Waals surface area contributed by atoms with Crippen molar-refractivity contribution >= 4 is 28.4 Å². The molecule has 3 nitrogen and oxygen atoms in total. The van der Waals surface area contributed by atoms with E-state index in [4.69, 9.17) is 11.6 Å². The van der Waals surface area contributed by atoms with Crippen LogP contribution in [0.1, 0.15) is 10.5 Å². The summed E-state index contributed by atoms with van der Waals surface area (Å²) in [6.07, 6.45) is 0. The first kappa shape index (κ1) is 12.5.